The van der Waals surface area contributed by atoms with E-state index in [0.29, 0.717) is 25.6 Å². The van der Waals surface area contributed by atoms with Crippen molar-refractivity contribution < 1.29 is 4.79 Å². The molecule has 0 atom stereocenters. The second kappa shape index (κ2) is 10.1. The highest BCUT2D eigenvalue weighted by Gasteiger charge is 2.07. The first-order chi connectivity index (χ1) is 12.6. The lowest BCUT2D eigenvalue weighted by atomic mass is 10.3. The third-order valence-electron chi connectivity index (χ3n) is 3.69. The number of hydrogen-bond acceptors (Lipinski definition) is 5. The molecular formula is C17H26N8O. The summed E-state index contributed by atoms with van der Waals surface area (Å²) in [5.41, 5.74) is 0.861. The molecular weight excluding hydrogens is 332 g/mol. The molecule has 9 heteroatoms. The Hall–Kier alpha value is -2.97. The number of amides is 1. The van der Waals surface area contributed by atoms with Gasteiger partial charge in [0.2, 0.25) is 5.91 Å². The van der Waals surface area contributed by atoms with Crippen LogP contribution in [0.25, 0.3) is 0 Å². The fourth-order valence-corrected chi connectivity index (χ4v) is 2.18. The Labute approximate surface area is 153 Å². The largest absolute Gasteiger partial charge is 0.355 e. The SMILES string of the molecule is CCc1nncn1CCNC(=NCc1ccccn1)NCC(=O)N(C)C. The zero-order valence-corrected chi connectivity index (χ0v) is 15.5. The predicted molar refractivity (Wildman–Crippen MR) is 99.5 cm³/mol. The molecule has 0 unspecified atom stereocenters. The first-order valence-corrected chi connectivity index (χ1v) is 8.59. The summed E-state index contributed by atoms with van der Waals surface area (Å²) in [6.07, 6.45) is 4.28. The monoisotopic (exact) mass is 358 g/mol. The molecule has 2 N–H and O–H groups in total. The van der Waals surface area contributed by atoms with Crippen LogP contribution < -0.4 is 10.6 Å². The van der Waals surface area contributed by atoms with Crippen molar-refractivity contribution in [3.05, 3.63) is 42.2 Å². The molecule has 26 heavy (non-hydrogen) atoms. The number of guanidine groups is 1. The maximum absolute atomic E-state index is 11.8. The van der Waals surface area contributed by atoms with Gasteiger partial charge in [0.05, 0.1) is 18.8 Å². The highest BCUT2D eigenvalue weighted by molar-refractivity contribution is 5.86. The molecule has 1 amide bonds. The Morgan fingerprint density at radius 2 is 2.15 bits per heavy atom. The summed E-state index contributed by atoms with van der Waals surface area (Å²) in [6.45, 7) is 3.99. The van der Waals surface area contributed by atoms with E-state index in [2.05, 4.69) is 30.8 Å². The number of carbonyl (C=O) groups is 1. The average molecular weight is 358 g/mol. The van der Waals surface area contributed by atoms with Crippen molar-refractivity contribution in [2.45, 2.75) is 26.4 Å². The maximum atomic E-state index is 11.8. The standard InChI is InChI=1S/C17H26N8O/c1-4-15-23-22-13-25(15)10-9-19-17(21-12-16(26)24(2)3)20-11-14-7-5-6-8-18-14/h5-8,13H,4,9-12H2,1-3H3,(H2,19,20,21). The molecule has 0 saturated heterocycles. The van der Waals surface area contributed by atoms with E-state index in [1.165, 1.54) is 4.90 Å². The van der Waals surface area contributed by atoms with Crippen LogP contribution in [0.2, 0.25) is 0 Å². The van der Waals surface area contributed by atoms with Gasteiger partial charge < -0.3 is 20.1 Å². The molecule has 0 aliphatic carbocycles. The third kappa shape index (κ3) is 6.15. The van der Waals surface area contributed by atoms with Crippen LogP contribution in [0.4, 0.5) is 0 Å². The van der Waals surface area contributed by atoms with Gasteiger partial charge in [0, 0.05) is 39.8 Å². The van der Waals surface area contributed by atoms with Gasteiger partial charge in [-0.15, -0.1) is 10.2 Å². The minimum atomic E-state index is -0.0237. The summed E-state index contributed by atoms with van der Waals surface area (Å²) in [7, 11) is 3.45. The fourth-order valence-electron chi connectivity index (χ4n) is 2.18. The molecule has 0 saturated carbocycles. The van der Waals surface area contributed by atoms with Gasteiger partial charge in [-0.25, -0.2) is 4.99 Å². The average Bonchev–Trinajstić information content (AvgIpc) is 3.11. The fraction of sp³-hybridized carbons (Fsp3) is 0.471. The van der Waals surface area contributed by atoms with Crippen molar-refractivity contribution in [1.29, 1.82) is 0 Å². The lowest BCUT2D eigenvalue weighted by Gasteiger charge is -2.15. The van der Waals surface area contributed by atoms with E-state index in [1.807, 2.05) is 29.7 Å². The van der Waals surface area contributed by atoms with Crippen LogP contribution in [0.15, 0.2) is 35.7 Å². The van der Waals surface area contributed by atoms with E-state index in [9.17, 15) is 4.79 Å². The number of likely N-dealkylation sites (N-methyl/N-ethyl adjacent to an activating group) is 1. The van der Waals surface area contributed by atoms with E-state index in [0.717, 1.165) is 17.9 Å². The lowest BCUT2D eigenvalue weighted by Crippen LogP contribution is -2.43. The summed E-state index contributed by atoms with van der Waals surface area (Å²) in [4.78, 5) is 22.1. The smallest absolute Gasteiger partial charge is 0.241 e. The van der Waals surface area contributed by atoms with Crippen LogP contribution in [0.3, 0.4) is 0 Å². The van der Waals surface area contributed by atoms with Gasteiger partial charge >= 0.3 is 0 Å². The van der Waals surface area contributed by atoms with Crippen LogP contribution in [0.1, 0.15) is 18.4 Å². The van der Waals surface area contributed by atoms with Crippen molar-refractivity contribution in [3.63, 3.8) is 0 Å². The van der Waals surface area contributed by atoms with Crippen LogP contribution in [0, 0.1) is 0 Å². The number of aryl methyl sites for hydroxylation is 1. The number of nitrogens with zero attached hydrogens (tertiary/aromatic N) is 6. The van der Waals surface area contributed by atoms with Gasteiger partial charge in [0.25, 0.3) is 0 Å². The number of carbonyl (C=O) groups excluding carboxylic acids is 1. The molecule has 2 aromatic rings. The summed E-state index contributed by atoms with van der Waals surface area (Å²) >= 11 is 0. The highest BCUT2D eigenvalue weighted by atomic mass is 16.2. The lowest BCUT2D eigenvalue weighted by molar-refractivity contribution is -0.127. The first-order valence-electron chi connectivity index (χ1n) is 8.59. The number of rotatable bonds is 8. The number of hydrogen-bond donors (Lipinski definition) is 2. The molecule has 9 nitrogen and oxygen atoms in total. The molecule has 0 spiro atoms. The number of aromatic nitrogens is 4. The molecule has 2 heterocycles. The Morgan fingerprint density at radius 1 is 1.31 bits per heavy atom. The molecule has 0 aliphatic heterocycles. The number of aliphatic imine (C=N–C) groups is 1. The van der Waals surface area contributed by atoms with E-state index in [4.69, 9.17) is 0 Å². The first kappa shape index (κ1) is 19.4. The van der Waals surface area contributed by atoms with Crippen molar-refractivity contribution in [3.8, 4) is 0 Å². The molecule has 0 aromatic carbocycles. The van der Waals surface area contributed by atoms with Gasteiger partial charge in [-0.05, 0) is 12.1 Å². The van der Waals surface area contributed by atoms with Gasteiger partial charge in [0.15, 0.2) is 5.96 Å². The molecule has 0 fully saturated rings. The Kier molecular flexibility index (Phi) is 7.53. The predicted octanol–water partition coefficient (Wildman–Crippen LogP) is 0.0591. The zero-order chi connectivity index (χ0) is 18.8. The third-order valence-corrected chi connectivity index (χ3v) is 3.69. The zero-order valence-electron chi connectivity index (χ0n) is 15.5. The molecule has 2 aromatic heterocycles. The normalized spacial score (nSPS) is 11.3. The molecule has 0 aliphatic rings. The minimum Gasteiger partial charge on any atom is -0.355 e. The van der Waals surface area contributed by atoms with E-state index < -0.39 is 0 Å². The van der Waals surface area contributed by atoms with E-state index in [-0.39, 0.29) is 12.5 Å². The summed E-state index contributed by atoms with van der Waals surface area (Å²) < 4.78 is 1.99. The van der Waals surface area contributed by atoms with Crippen molar-refractivity contribution >= 4 is 11.9 Å². The Morgan fingerprint density at radius 3 is 2.85 bits per heavy atom. The maximum Gasteiger partial charge on any atom is 0.241 e. The van der Waals surface area contributed by atoms with Crippen LogP contribution in [-0.2, 0) is 24.3 Å². The van der Waals surface area contributed by atoms with Gasteiger partial charge in [-0.2, -0.15) is 0 Å². The van der Waals surface area contributed by atoms with Crippen molar-refractivity contribution in [2.75, 3.05) is 27.2 Å². The van der Waals surface area contributed by atoms with Crippen LogP contribution >= 0.6 is 0 Å². The summed E-state index contributed by atoms with van der Waals surface area (Å²) in [5, 5.41) is 14.3. The molecule has 0 radical (unpaired) electrons. The van der Waals surface area contributed by atoms with Gasteiger partial charge in [-0.1, -0.05) is 13.0 Å². The highest BCUT2D eigenvalue weighted by Crippen LogP contribution is 1.96. The molecule has 0 bridgehead atoms. The van der Waals surface area contributed by atoms with E-state index in [1.54, 1.807) is 26.6 Å². The van der Waals surface area contributed by atoms with Crippen LogP contribution in [0.5, 0.6) is 0 Å². The Bertz CT molecular complexity index is 711. The van der Waals surface area contributed by atoms with Crippen molar-refractivity contribution in [2.24, 2.45) is 4.99 Å². The second-order valence-electron chi connectivity index (χ2n) is 5.85. The molecule has 140 valence electrons. The van der Waals surface area contributed by atoms with E-state index >= 15 is 0 Å². The summed E-state index contributed by atoms with van der Waals surface area (Å²) in [5.74, 6) is 1.48. The quantitative estimate of drug-likeness (QED) is 0.511. The minimum absolute atomic E-state index is 0.0237. The van der Waals surface area contributed by atoms with Gasteiger partial charge in [-0.3, -0.25) is 9.78 Å². The topological polar surface area (TPSA) is 100 Å². The number of pyridine rings is 1. The number of nitrogens with one attached hydrogen (secondary N) is 2. The van der Waals surface area contributed by atoms with Crippen LogP contribution in [-0.4, -0.2) is 63.7 Å². The van der Waals surface area contributed by atoms with Gasteiger partial charge in [0.1, 0.15) is 12.2 Å². The van der Waals surface area contributed by atoms with Crippen molar-refractivity contribution in [1.82, 2.24) is 35.3 Å². The second-order valence-corrected chi connectivity index (χ2v) is 5.85. The summed E-state index contributed by atoms with van der Waals surface area (Å²) in [6, 6.07) is 5.70. The molecule has 2 rings (SSSR count). The Balaban J connectivity index is 1.94.